The molecule has 2 bridgehead atoms. The van der Waals surface area contributed by atoms with Crippen LogP contribution in [0.4, 0.5) is 0 Å². The molecule has 0 aromatic carbocycles. The van der Waals surface area contributed by atoms with Gasteiger partial charge < -0.3 is 0 Å². The zero-order valence-electron chi connectivity index (χ0n) is 11.3. The first-order valence-electron chi connectivity index (χ1n) is 7.89. The third-order valence-corrected chi connectivity index (χ3v) is 7.37. The van der Waals surface area contributed by atoms with Gasteiger partial charge in [0.05, 0.1) is 0 Å². The van der Waals surface area contributed by atoms with E-state index < -0.39 is 0 Å². The van der Waals surface area contributed by atoms with Crippen LogP contribution in [0.25, 0.3) is 0 Å². The Hall–Kier alpha value is 0.580. The van der Waals surface area contributed by atoms with E-state index in [4.69, 9.17) is 23.2 Å². The van der Waals surface area contributed by atoms with E-state index in [0.717, 1.165) is 35.4 Å². The Labute approximate surface area is 122 Å². The van der Waals surface area contributed by atoms with Gasteiger partial charge in [-0.05, 0) is 62.2 Å². The maximum Gasteiger partial charge on any atom is 0.0294 e. The fraction of sp³-hybridized carbons (Fsp3) is 1.00. The summed E-state index contributed by atoms with van der Waals surface area (Å²) in [7, 11) is 0. The molecule has 0 amide bonds. The van der Waals surface area contributed by atoms with Crippen LogP contribution in [0, 0.1) is 29.1 Å². The Morgan fingerprint density at radius 3 is 2.11 bits per heavy atom. The first-order chi connectivity index (χ1) is 8.77. The summed E-state index contributed by atoms with van der Waals surface area (Å²) in [5.41, 5.74) is 0.259. The number of alkyl halides is 2. The highest BCUT2D eigenvalue weighted by Gasteiger charge is 2.46. The molecule has 0 radical (unpaired) electrons. The molecule has 0 spiro atoms. The molecule has 0 N–H and O–H groups in total. The second-order valence-corrected chi connectivity index (χ2v) is 7.78. The highest BCUT2D eigenvalue weighted by Crippen LogP contribution is 2.55. The highest BCUT2D eigenvalue weighted by molar-refractivity contribution is 6.21. The van der Waals surface area contributed by atoms with Crippen molar-refractivity contribution in [2.24, 2.45) is 29.1 Å². The van der Waals surface area contributed by atoms with E-state index in [1.54, 1.807) is 0 Å². The van der Waals surface area contributed by atoms with Crippen molar-refractivity contribution in [2.45, 2.75) is 57.8 Å². The summed E-state index contributed by atoms with van der Waals surface area (Å²) < 4.78 is 0. The van der Waals surface area contributed by atoms with E-state index in [-0.39, 0.29) is 5.41 Å². The van der Waals surface area contributed by atoms with E-state index in [0.29, 0.717) is 0 Å². The molecule has 3 fully saturated rings. The third kappa shape index (κ3) is 2.33. The van der Waals surface area contributed by atoms with E-state index in [1.165, 1.54) is 57.8 Å². The Balaban J connectivity index is 1.69. The summed E-state index contributed by atoms with van der Waals surface area (Å²) in [6.07, 6.45) is 12.9. The van der Waals surface area contributed by atoms with Crippen molar-refractivity contribution in [3.8, 4) is 0 Å². The molecule has 0 nitrogen and oxygen atoms in total. The minimum Gasteiger partial charge on any atom is -0.126 e. The standard InChI is InChI=1S/C16H26Cl2/c17-10-16(11-18,15-3-1-2-4-15)9-14-8-12-5-6-13(14)7-12/h12-15H,1-11H2. The van der Waals surface area contributed by atoms with E-state index in [1.807, 2.05) is 0 Å². The van der Waals surface area contributed by atoms with Crippen LogP contribution in [0.5, 0.6) is 0 Å². The fourth-order valence-electron chi connectivity index (χ4n) is 5.22. The number of fused-ring (bicyclic) bond motifs is 2. The number of hydrogen-bond donors (Lipinski definition) is 0. The summed E-state index contributed by atoms with van der Waals surface area (Å²) in [6, 6.07) is 0. The topological polar surface area (TPSA) is 0 Å². The second kappa shape index (κ2) is 5.52. The van der Waals surface area contributed by atoms with Gasteiger partial charge in [0, 0.05) is 17.2 Å². The molecule has 3 rings (SSSR count). The molecule has 2 heteroatoms. The Morgan fingerprint density at radius 1 is 0.889 bits per heavy atom. The van der Waals surface area contributed by atoms with Crippen molar-refractivity contribution >= 4 is 23.2 Å². The lowest BCUT2D eigenvalue weighted by Gasteiger charge is -2.40. The van der Waals surface area contributed by atoms with Crippen molar-refractivity contribution in [2.75, 3.05) is 11.8 Å². The predicted octanol–water partition coefficient (Wildman–Crippen LogP) is 5.47. The minimum absolute atomic E-state index is 0.259. The van der Waals surface area contributed by atoms with Crippen LogP contribution in [0.3, 0.4) is 0 Å². The Bertz CT molecular complexity index is 279. The second-order valence-electron chi connectivity index (χ2n) is 7.25. The lowest BCUT2D eigenvalue weighted by molar-refractivity contribution is 0.144. The molecule has 3 unspecified atom stereocenters. The molecule has 3 aliphatic rings. The SMILES string of the molecule is ClCC(CCl)(CC1CC2CCC1C2)C1CCCC1. The van der Waals surface area contributed by atoms with Crippen LogP contribution in [0.15, 0.2) is 0 Å². The van der Waals surface area contributed by atoms with Gasteiger partial charge in [-0.3, -0.25) is 0 Å². The zero-order chi connectivity index (χ0) is 12.6. The van der Waals surface area contributed by atoms with Crippen LogP contribution in [-0.4, -0.2) is 11.8 Å². The van der Waals surface area contributed by atoms with Crippen molar-refractivity contribution in [3.05, 3.63) is 0 Å². The molecular weight excluding hydrogens is 263 g/mol. The molecular formula is C16H26Cl2. The van der Waals surface area contributed by atoms with Crippen LogP contribution in [-0.2, 0) is 0 Å². The predicted molar refractivity (Wildman–Crippen MR) is 79.4 cm³/mol. The van der Waals surface area contributed by atoms with Crippen molar-refractivity contribution < 1.29 is 0 Å². The molecule has 18 heavy (non-hydrogen) atoms. The van der Waals surface area contributed by atoms with Crippen LogP contribution < -0.4 is 0 Å². The molecule has 0 heterocycles. The molecule has 3 aliphatic carbocycles. The smallest absolute Gasteiger partial charge is 0.0294 e. The normalized spacial score (nSPS) is 36.7. The molecule has 0 saturated heterocycles. The summed E-state index contributed by atoms with van der Waals surface area (Å²) in [5, 5.41) is 0. The van der Waals surface area contributed by atoms with E-state index in [2.05, 4.69) is 0 Å². The lowest BCUT2D eigenvalue weighted by Crippen LogP contribution is -2.36. The Morgan fingerprint density at radius 2 is 1.61 bits per heavy atom. The monoisotopic (exact) mass is 288 g/mol. The lowest BCUT2D eigenvalue weighted by atomic mass is 9.68. The summed E-state index contributed by atoms with van der Waals surface area (Å²) in [6.45, 7) is 0. The minimum atomic E-state index is 0.259. The number of halogens is 2. The molecule has 3 atom stereocenters. The van der Waals surface area contributed by atoms with Gasteiger partial charge in [-0.1, -0.05) is 19.3 Å². The summed E-state index contributed by atoms with van der Waals surface area (Å²) >= 11 is 12.8. The maximum absolute atomic E-state index is 6.40. The van der Waals surface area contributed by atoms with E-state index in [9.17, 15) is 0 Å². The summed E-state index contributed by atoms with van der Waals surface area (Å²) in [4.78, 5) is 0. The zero-order valence-corrected chi connectivity index (χ0v) is 12.9. The number of hydrogen-bond acceptors (Lipinski definition) is 0. The average Bonchev–Trinajstić information content (AvgIpc) is 3.12. The fourth-order valence-corrected chi connectivity index (χ4v) is 6.16. The largest absolute Gasteiger partial charge is 0.126 e. The molecule has 0 aromatic heterocycles. The van der Waals surface area contributed by atoms with Gasteiger partial charge in [-0.25, -0.2) is 0 Å². The molecule has 0 aromatic rings. The van der Waals surface area contributed by atoms with Crippen molar-refractivity contribution in [3.63, 3.8) is 0 Å². The third-order valence-electron chi connectivity index (χ3n) is 6.31. The average molecular weight is 289 g/mol. The maximum atomic E-state index is 6.40. The van der Waals surface area contributed by atoms with Crippen LogP contribution in [0.2, 0.25) is 0 Å². The van der Waals surface area contributed by atoms with Gasteiger partial charge in [0.2, 0.25) is 0 Å². The van der Waals surface area contributed by atoms with Gasteiger partial charge in [0.15, 0.2) is 0 Å². The van der Waals surface area contributed by atoms with Crippen LogP contribution >= 0.6 is 23.2 Å². The van der Waals surface area contributed by atoms with Gasteiger partial charge in [-0.2, -0.15) is 0 Å². The first-order valence-corrected chi connectivity index (χ1v) is 8.96. The van der Waals surface area contributed by atoms with Gasteiger partial charge in [-0.15, -0.1) is 23.2 Å². The quantitative estimate of drug-likeness (QED) is 0.589. The first kappa shape index (κ1) is 13.6. The summed E-state index contributed by atoms with van der Waals surface area (Å²) in [5.74, 6) is 5.40. The molecule has 0 aliphatic heterocycles. The van der Waals surface area contributed by atoms with E-state index >= 15 is 0 Å². The van der Waals surface area contributed by atoms with Gasteiger partial charge in [0.25, 0.3) is 0 Å². The van der Waals surface area contributed by atoms with Gasteiger partial charge in [0.1, 0.15) is 0 Å². The Kier molecular flexibility index (Phi) is 4.16. The molecule has 104 valence electrons. The highest BCUT2D eigenvalue weighted by atomic mass is 35.5. The van der Waals surface area contributed by atoms with Gasteiger partial charge >= 0.3 is 0 Å². The van der Waals surface area contributed by atoms with Crippen molar-refractivity contribution in [1.82, 2.24) is 0 Å². The number of rotatable bonds is 5. The van der Waals surface area contributed by atoms with Crippen LogP contribution in [0.1, 0.15) is 57.8 Å². The van der Waals surface area contributed by atoms with Crippen molar-refractivity contribution in [1.29, 1.82) is 0 Å². The molecule has 3 saturated carbocycles.